The Morgan fingerprint density at radius 2 is 0.750 bits per heavy atom. The monoisotopic (exact) mass is 422 g/mol. The molecule has 6 heteroatoms. The summed E-state index contributed by atoms with van der Waals surface area (Å²) in [6.45, 7) is 0. The van der Waals surface area contributed by atoms with Gasteiger partial charge in [0, 0.05) is 0 Å². The molecule has 0 saturated heterocycles. The Hall–Kier alpha value is -4.58. The van der Waals surface area contributed by atoms with Crippen molar-refractivity contribution in [3.8, 4) is 22.3 Å². The van der Waals surface area contributed by atoms with E-state index in [1.54, 1.807) is 24.3 Å². The molecule has 0 radical (unpaired) electrons. The molecule has 0 aromatic heterocycles. The Bertz CT molecular complexity index is 1120. The molecule has 0 aliphatic carbocycles. The van der Waals surface area contributed by atoms with Gasteiger partial charge in [-0.15, -0.1) is 0 Å². The van der Waals surface area contributed by atoms with E-state index in [4.69, 9.17) is 0 Å². The van der Waals surface area contributed by atoms with Gasteiger partial charge in [-0.2, -0.15) is 0 Å². The molecule has 0 amide bonds. The van der Waals surface area contributed by atoms with Crippen LogP contribution >= 0.6 is 0 Å². The second-order valence-corrected chi connectivity index (χ2v) is 6.81. The van der Waals surface area contributed by atoms with Crippen molar-refractivity contribution in [3.05, 3.63) is 120 Å². The van der Waals surface area contributed by atoms with Gasteiger partial charge in [-0.25, -0.2) is 9.59 Å². The van der Waals surface area contributed by atoms with Crippen molar-refractivity contribution in [1.29, 1.82) is 0 Å². The molecule has 6 nitrogen and oxygen atoms in total. The lowest BCUT2D eigenvalue weighted by Gasteiger charge is -2.03. The van der Waals surface area contributed by atoms with E-state index in [0.717, 1.165) is 22.3 Å². The summed E-state index contributed by atoms with van der Waals surface area (Å²) in [6.07, 6.45) is 0. The first-order chi connectivity index (χ1) is 15.7. The standard InChI is InChI=1S/C26H18N2O4/c29-25(23-15-11-21(12-16-23)19-7-3-1-4-8-19)31-27-28-32-26(30)24-17-13-22(14-18-24)20-9-5-2-6-10-20/h1-18H/b28-27+. The normalized spacial score (nSPS) is 10.6. The fourth-order valence-corrected chi connectivity index (χ4v) is 3.07. The average molecular weight is 422 g/mol. The van der Waals surface area contributed by atoms with Crippen molar-refractivity contribution in [2.45, 2.75) is 0 Å². The van der Waals surface area contributed by atoms with E-state index in [1.807, 2.05) is 84.9 Å². The minimum Gasteiger partial charge on any atom is -0.292 e. The number of hydrogen-bond acceptors (Lipinski definition) is 6. The molecule has 4 aromatic carbocycles. The van der Waals surface area contributed by atoms with Crippen molar-refractivity contribution in [1.82, 2.24) is 0 Å². The molecule has 4 rings (SSSR count). The molecule has 0 unspecified atom stereocenters. The fraction of sp³-hybridized carbons (Fsp3) is 0. The summed E-state index contributed by atoms with van der Waals surface area (Å²) in [5, 5.41) is 6.38. The third-order valence-electron chi connectivity index (χ3n) is 4.74. The van der Waals surface area contributed by atoms with E-state index in [-0.39, 0.29) is 0 Å². The first-order valence-corrected chi connectivity index (χ1v) is 9.85. The van der Waals surface area contributed by atoms with Gasteiger partial charge in [0.1, 0.15) is 0 Å². The Morgan fingerprint density at radius 1 is 0.438 bits per heavy atom. The Kier molecular flexibility index (Phi) is 6.43. The second kappa shape index (κ2) is 9.95. The number of nitrogens with zero attached hydrogens (tertiary/aromatic N) is 2. The predicted octanol–water partition coefficient (Wildman–Crippen LogP) is 6.32. The van der Waals surface area contributed by atoms with E-state index >= 15 is 0 Å². The Balaban J connectivity index is 1.29. The summed E-state index contributed by atoms with van der Waals surface area (Å²) in [4.78, 5) is 33.5. The predicted molar refractivity (Wildman–Crippen MR) is 119 cm³/mol. The molecule has 0 saturated carbocycles. The van der Waals surface area contributed by atoms with Crippen LogP contribution in [0.3, 0.4) is 0 Å². The molecule has 0 fully saturated rings. The maximum absolute atomic E-state index is 12.1. The maximum Gasteiger partial charge on any atom is 0.367 e. The third kappa shape index (κ3) is 5.12. The Labute approximate surface area is 184 Å². The lowest BCUT2D eigenvalue weighted by atomic mass is 10.0. The third-order valence-corrected chi connectivity index (χ3v) is 4.74. The number of hydrogen-bond donors (Lipinski definition) is 0. The van der Waals surface area contributed by atoms with Crippen LogP contribution in [0.4, 0.5) is 0 Å². The lowest BCUT2D eigenvalue weighted by Crippen LogP contribution is -2.02. The number of carbonyl (C=O) groups excluding carboxylic acids is 2. The zero-order valence-corrected chi connectivity index (χ0v) is 16.9. The molecule has 0 bridgehead atoms. The van der Waals surface area contributed by atoms with Crippen molar-refractivity contribution >= 4 is 11.9 Å². The highest BCUT2D eigenvalue weighted by molar-refractivity contribution is 5.90. The van der Waals surface area contributed by atoms with E-state index in [1.165, 1.54) is 0 Å². The quantitative estimate of drug-likeness (QED) is 0.269. The summed E-state index contributed by atoms with van der Waals surface area (Å²) in [5.41, 5.74) is 4.61. The van der Waals surface area contributed by atoms with Crippen LogP contribution in [0.15, 0.2) is 120 Å². The van der Waals surface area contributed by atoms with E-state index in [9.17, 15) is 9.59 Å². The highest BCUT2D eigenvalue weighted by Gasteiger charge is 2.10. The summed E-state index contributed by atoms with van der Waals surface area (Å²) < 4.78 is 0. The summed E-state index contributed by atoms with van der Waals surface area (Å²) in [5.74, 6) is -1.42. The smallest absolute Gasteiger partial charge is 0.292 e. The Morgan fingerprint density at radius 3 is 1.09 bits per heavy atom. The molecule has 0 aliphatic rings. The van der Waals surface area contributed by atoms with Crippen LogP contribution in [-0.2, 0) is 9.68 Å². The molecule has 0 N–H and O–H groups in total. The SMILES string of the molecule is O=C(O/N=N/OC(=O)c1ccc(-c2ccccc2)cc1)c1ccc(-c2ccccc2)cc1. The van der Waals surface area contributed by atoms with E-state index < -0.39 is 11.9 Å². The van der Waals surface area contributed by atoms with Gasteiger partial charge in [-0.1, -0.05) is 84.9 Å². The molecule has 156 valence electrons. The lowest BCUT2D eigenvalue weighted by molar-refractivity contribution is 0.0241. The van der Waals surface area contributed by atoms with Crippen LogP contribution in [-0.4, -0.2) is 11.9 Å². The topological polar surface area (TPSA) is 77.3 Å². The zero-order chi connectivity index (χ0) is 22.2. The van der Waals surface area contributed by atoms with Crippen LogP contribution in [0.5, 0.6) is 0 Å². The summed E-state index contributed by atoms with van der Waals surface area (Å²) in [6, 6.07) is 33.3. The summed E-state index contributed by atoms with van der Waals surface area (Å²) >= 11 is 0. The van der Waals surface area contributed by atoms with Crippen LogP contribution in [0.1, 0.15) is 20.7 Å². The van der Waals surface area contributed by atoms with Crippen LogP contribution in [0, 0.1) is 0 Å². The number of carbonyl (C=O) groups is 2. The molecule has 32 heavy (non-hydrogen) atoms. The number of benzene rings is 4. The molecule has 0 heterocycles. The van der Waals surface area contributed by atoms with Gasteiger partial charge < -0.3 is 0 Å². The van der Waals surface area contributed by atoms with E-state index in [2.05, 4.69) is 20.2 Å². The van der Waals surface area contributed by atoms with Crippen LogP contribution in [0.2, 0.25) is 0 Å². The molecular formula is C26H18N2O4. The highest BCUT2D eigenvalue weighted by Crippen LogP contribution is 2.20. The largest absolute Gasteiger partial charge is 0.367 e. The van der Waals surface area contributed by atoms with Gasteiger partial charge in [0.15, 0.2) is 0 Å². The molecule has 0 atom stereocenters. The maximum atomic E-state index is 12.1. The zero-order valence-electron chi connectivity index (χ0n) is 16.9. The number of rotatable bonds is 6. The molecule has 0 spiro atoms. The van der Waals surface area contributed by atoms with Gasteiger partial charge >= 0.3 is 11.9 Å². The fourth-order valence-electron chi connectivity index (χ4n) is 3.07. The van der Waals surface area contributed by atoms with Gasteiger partial charge in [-0.3, -0.25) is 9.68 Å². The van der Waals surface area contributed by atoms with Crippen molar-refractivity contribution in [3.63, 3.8) is 0 Å². The van der Waals surface area contributed by atoms with E-state index in [0.29, 0.717) is 11.1 Å². The van der Waals surface area contributed by atoms with Crippen molar-refractivity contribution in [2.24, 2.45) is 10.6 Å². The van der Waals surface area contributed by atoms with Crippen LogP contribution in [0.25, 0.3) is 22.3 Å². The van der Waals surface area contributed by atoms with Crippen molar-refractivity contribution < 1.29 is 19.3 Å². The molecular weight excluding hydrogens is 404 g/mol. The van der Waals surface area contributed by atoms with Gasteiger partial charge in [0.05, 0.1) is 21.7 Å². The van der Waals surface area contributed by atoms with Gasteiger partial charge in [0.2, 0.25) is 0 Å². The molecule has 4 aromatic rings. The van der Waals surface area contributed by atoms with Crippen molar-refractivity contribution in [2.75, 3.05) is 0 Å². The first-order valence-electron chi connectivity index (χ1n) is 9.85. The minimum absolute atomic E-state index is 0.298. The summed E-state index contributed by atoms with van der Waals surface area (Å²) in [7, 11) is 0. The minimum atomic E-state index is -0.711. The van der Waals surface area contributed by atoms with Crippen LogP contribution < -0.4 is 0 Å². The first kappa shape index (κ1) is 20.7. The highest BCUT2D eigenvalue weighted by atomic mass is 16.8. The molecule has 0 aliphatic heterocycles. The van der Waals surface area contributed by atoms with Gasteiger partial charge in [-0.05, 0) is 46.5 Å². The second-order valence-electron chi connectivity index (χ2n) is 6.81. The van der Waals surface area contributed by atoms with Gasteiger partial charge in [0.25, 0.3) is 0 Å². The average Bonchev–Trinajstić information content (AvgIpc) is 2.87.